The Bertz CT molecular complexity index is 347. The molecule has 0 saturated carbocycles. The molecule has 2 rings (SSSR count). The number of nitrogens with zero attached hydrogens (tertiary/aromatic N) is 2. The maximum Gasteiger partial charge on any atom is 0.107 e. The molecule has 0 radical (unpaired) electrons. The molecule has 1 aliphatic heterocycles. The van der Waals surface area contributed by atoms with Crippen LogP contribution in [0.1, 0.15) is 36.7 Å². The van der Waals surface area contributed by atoms with Crippen molar-refractivity contribution in [2.45, 2.75) is 31.6 Å². The highest BCUT2D eigenvalue weighted by molar-refractivity contribution is 5.08. The average Bonchev–Trinajstić information content (AvgIpc) is 2.76. The first-order chi connectivity index (χ1) is 7.40. The van der Waals surface area contributed by atoms with E-state index in [1.54, 1.807) is 0 Å². The number of nitrogens with one attached hydrogen (secondary N) is 1. The molecule has 1 fully saturated rings. The topological polar surface area (TPSA) is 61.7 Å². The second-order valence-electron chi connectivity index (χ2n) is 3.83. The van der Waals surface area contributed by atoms with E-state index in [2.05, 4.69) is 16.0 Å². The third-order valence-corrected chi connectivity index (χ3v) is 2.78. The Morgan fingerprint density at radius 2 is 2.33 bits per heavy atom. The third kappa shape index (κ3) is 2.57. The van der Waals surface area contributed by atoms with Crippen LogP contribution < -0.4 is 0 Å². The fourth-order valence-electron chi connectivity index (χ4n) is 1.90. The summed E-state index contributed by atoms with van der Waals surface area (Å²) in [4.78, 5) is 7.58. The van der Waals surface area contributed by atoms with Crippen molar-refractivity contribution in [1.82, 2.24) is 9.97 Å². The van der Waals surface area contributed by atoms with Gasteiger partial charge in [0.15, 0.2) is 0 Å². The average molecular weight is 205 g/mol. The zero-order valence-electron chi connectivity index (χ0n) is 8.70. The summed E-state index contributed by atoms with van der Waals surface area (Å²) in [7, 11) is 0. The number of ether oxygens (including phenoxy) is 1. The van der Waals surface area contributed by atoms with Crippen molar-refractivity contribution in [3.05, 3.63) is 17.7 Å². The van der Waals surface area contributed by atoms with Crippen LogP contribution in [0.4, 0.5) is 0 Å². The number of hydrogen-bond acceptors (Lipinski definition) is 3. The molecule has 1 saturated heterocycles. The van der Waals surface area contributed by atoms with E-state index in [0.29, 0.717) is 12.3 Å². The summed E-state index contributed by atoms with van der Waals surface area (Å²) in [5.74, 6) is 1.49. The number of aromatic nitrogens is 2. The van der Waals surface area contributed by atoms with Gasteiger partial charge in [-0.05, 0) is 12.8 Å². The predicted octanol–water partition coefficient (Wildman–Crippen LogP) is 1.76. The number of imidazole rings is 1. The Hall–Kier alpha value is -1.34. The number of rotatable bonds is 3. The SMILES string of the molecule is N#CCCc1ncc(C2CCOCC2)[nH]1. The molecular formula is C11H15N3O. The molecule has 15 heavy (non-hydrogen) atoms. The fourth-order valence-corrected chi connectivity index (χ4v) is 1.90. The van der Waals surface area contributed by atoms with Crippen LogP contribution in [0.2, 0.25) is 0 Å². The highest BCUT2D eigenvalue weighted by Gasteiger charge is 2.17. The van der Waals surface area contributed by atoms with E-state index < -0.39 is 0 Å². The number of H-pyrrole nitrogens is 1. The van der Waals surface area contributed by atoms with Crippen molar-refractivity contribution >= 4 is 0 Å². The second kappa shape index (κ2) is 4.94. The normalized spacial score (nSPS) is 17.5. The molecule has 0 bridgehead atoms. The first-order valence-corrected chi connectivity index (χ1v) is 5.38. The van der Waals surface area contributed by atoms with E-state index in [-0.39, 0.29) is 0 Å². The molecule has 4 nitrogen and oxygen atoms in total. The van der Waals surface area contributed by atoms with Crippen LogP contribution in [-0.4, -0.2) is 23.2 Å². The Labute approximate surface area is 89.3 Å². The van der Waals surface area contributed by atoms with Gasteiger partial charge in [0.05, 0.1) is 6.07 Å². The highest BCUT2D eigenvalue weighted by atomic mass is 16.5. The van der Waals surface area contributed by atoms with E-state index >= 15 is 0 Å². The summed E-state index contributed by atoms with van der Waals surface area (Å²) in [6.45, 7) is 1.69. The molecule has 0 atom stereocenters. The van der Waals surface area contributed by atoms with Crippen LogP contribution in [0.25, 0.3) is 0 Å². The number of nitriles is 1. The molecule has 4 heteroatoms. The third-order valence-electron chi connectivity index (χ3n) is 2.78. The second-order valence-corrected chi connectivity index (χ2v) is 3.83. The summed E-state index contributed by atoms with van der Waals surface area (Å²) < 4.78 is 5.32. The summed E-state index contributed by atoms with van der Waals surface area (Å²) in [6, 6.07) is 2.12. The van der Waals surface area contributed by atoms with E-state index in [1.165, 1.54) is 5.69 Å². The van der Waals surface area contributed by atoms with Gasteiger partial charge < -0.3 is 9.72 Å². The number of aromatic amines is 1. The molecule has 0 unspecified atom stereocenters. The molecule has 80 valence electrons. The van der Waals surface area contributed by atoms with Gasteiger partial charge in [0.2, 0.25) is 0 Å². The van der Waals surface area contributed by atoms with Gasteiger partial charge in [0.1, 0.15) is 5.82 Å². The van der Waals surface area contributed by atoms with Crippen molar-refractivity contribution < 1.29 is 4.74 Å². The van der Waals surface area contributed by atoms with Gasteiger partial charge in [-0.1, -0.05) is 0 Å². The van der Waals surface area contributed by atoms with Crippen LogP contribution in [0.5, 0.6) is 0 Å². The van der Waals surface area contributed by atoms with Crippen molar-refractivity contribution in [2.75, 3.05) is 13.2 Å². The lowest BCUT2D eigenvalue weighted by atomic mass is 9.97. The summed E-state index contributed by atoms with van der Waals surface area (Å²) >= 11 is 0. The zero-order chi connectivity index (χ0) is 10.5. The molecule has 1 aliphatic rings. The lowest BCUT2D eigenvalue weighted by Crippen LogP contribution is -2.14. The minimum absolute atomic E-state index is 0.529. The van der Waals surface area contributed by atoms with E-state index in [1.807, 2.05) is 6.20 Å². The first-order valence-electron chi connectivity index (χ1n) is 5.38. The minimum Gasteiger partial charge on any atom is -0.381 e. The highest BCUT2D eigenvalue weighted by Crippen LogP contribution is 2.25. The maximum absolute atomic E-state index is 8.47. The van der Waals surface area contributed by atoms with Crippen LogP contribution in [0.15, 0.2) is 6.20 Å². The van der Waals surface area contributed by atoms with E-state index in [9.17, 15) is 0 Å². The Balaban J connectivity index is 1.96. The van der Waals surface area contributed by atoms with E-state index in [0.717, 1.165) is 38.3 Å². The smallest absolute Gasteiger partial charge is 0.107 e. The van der Waals surface area contributed by atoms with Gasteiger partial charge in [0, 0.05) is 43.9 Å². The van der Waals surface area contributed by atoms with Crippen molar-refractivity contribution in [3.63, 3.8) is 0 Å². The molecule has 0 aliphatic carbocycles. The standard InChI is InChI=1S/C11H15N3O/c12-5-1-2-11-13-8-10(14-11)9-3-6-15-7-4-9/h8-9H,1-4,6-7H2,(H,13,14). The van der Waals surface area contributed by atoms with Gasteiger partial charge in [-0.2, -0.15) is 5.26 Å². The fraction of sp³-hybridized carbons (Fsp3) is 0.636. The molecule has 1 N–H and O–H groups in total. The molecule has 0 aromatic carbocycles. The van der Waals surface area contributed by atoms with Crippen LogP contribution in [-0.2, 0) is 11.2 Å². The van der Waals surface area contributed by atoms with Crippen molar-refractivity contribution in [3.8, 4) is 6.07 Å². The van der Waals surface area contributed by atoms with Gasteiger partial charge in [-0.15, -0.1) is 0 Å². The van der Waals surface area contributed by atoms with Crippen LogP contribution >= 0.6 is 0 Å². The summed E-state index contributed by atoms with van der Waals surface area (Å²) in [5, 5.41) is 8.47. The van der Waals surface area contributed by atoms with Gasteiger partial charge >= 0.3 is 0 Å². The van der Waals surface area contributed by atoms with Gasteiger partial charge in [0.25, 0.3) is 0 Å². The number of aryl methyl sites for hydroxylation is 1. The molecular weight excluding hydrogens is 190 g/mol. The minimum atomic E-state index is 0.529. The van der Waals surface area contributed by atoms with Gasteiger partial charge in [-0.3, -0.25) is 0 Å². The lowest BCUT2D eigenvalue weighted by Gasteiger charge is -2.20. The van der Waals surface area contributed by atoms with Crippen LogP contribution in [0, 0.1) is 11.3 Å². The van der Waals surface area contributed by atoms with Crippen molar-refractivity contribution in [1.29, 1.82) is 5.26 Å². The molecule has 1 aromatic rings. The first kappa shape index (κ1) is 10.2. The molecule has 0 amide bonds. The Morgan fingerprint density at radius 1 is 1.53 bits per heavy atom. The lowest BCUT2D eigenvalue weighted by molar-refractivity contribution is 0.0845. The predicted molar refractivity (Wildman–Crippen MR) is 55.3 cm³/mol. The van der Waals surface area contributed by atoms with Gasteiger partial charge in [-0.25, -0.2) is 4.98 Å². The summed E-state index contributed by atoms with van der Waals surface area (Å²) in [5.41, 5.74) is 1.20. The molecule has 0 spiro atoms. The van der Waals surface area contributed by atoms with Crippen molar-refractivity contribution in [2.24, 2.45) is 0 Å². The Morgan fingerprint density at radius 3 is 3.07 bits per heavy atom. The molecule has 1 aromatic heterocycles. The van der Waals surface area contributed by atoms with E-state index in [4.69, 9.17) is 10.00 Å². The zero-order valence-corrected chi connectivity index (χ0v) is 8.70. The largest absolute Gasteiger partial charge is 0.381 e. The monoisotopic (exact) mass is 205 g/mol. The number of hydrogen-bond donors (Lipinski definition) is 1. The Kier molecular flexibility index (Phi) is 3.36. The molecule has 2 heterocycles. The maximum atomic E-state index is 8.47. The van der Waals surface area contributed by atoms with Crippen LogP contribution in [0.3, 0.4) is 0 Å². The quantitative estimate of drug-likeness (QED) is 0.817. The summed E-state index contributed by atoms with van der Waals surface area (Å²) in [6.07, 6.45) is 5.29.